The first kappa shape index (κ1) is 18.0. The second kappa shape index (κ2) is 8.12. The number of rotatable bonds is 5. The Morgan fingerprint density at radius 1 is 0.963 bits per heavy atom. The van der Waals surface area contributed by atoms with Crippen LogP contribution in [0.1, 0.15) is 34.8 Å². The number of carbonyl (C=O) groups is 1. The molecule has 3 nitrogen and oxygen atoms in total. The summed E-state index contributed by atoms with van der Waals surface area (Å²) >= 11 is 5.93. The van der Waals surface area contributed by atoms with Crippen molar-refractivity contribution in [3.63, 3.8) is 0 Å². The van der Waals surface area contributed by atoms with Gasteiger partial charge in [0.1, 0.15) is 6.04 Å². The van der Waals surface area contributed by atoms with E-state index in [0.29, 0.717) is 17.1 Å². The Balaban J connectivity index is 1.59. The number of likely N-dealkylation sites (tertiary alicyclic amines) is 1. The van der Waals surface area contributed by atoms with E-state index in [1.807, 2.05) is 0 Å². The summed E-state index contributed by atoms with van der Waals surface area (Å²) in [4.78, 5) is 14.2. The molecule has 1 aliphatic heterocycles. The lowest BCUT2D eigenvalue weighted by Crippen LogP contribution is -3.11. The summed E-state index contributed by atoms with van der Waals surface area (Å²) in [6.07, 6.45) is 2.50. The molecule has 0 aliphatic carbocycles. The molecule has 0 bridgehead atoms. The number of carbonyl (C=O) groups excluding carboxylic acids is 1. The Bertz CT molecular complexity index is 927. The molecule has 0 spiro atoms. The van der Waals surface area contributed by atoms with Crippen LogP contribution in [-0.2, 0) is 0 Å². The van der Waals surface area contributed by atoms with Gasteiger partial charge in [0.25, 0.3) is 5.91 Å². The van der Waals surface area contributed by atoms with E-state index in [0.717, 1.165) is 13.1 Å². The number of amides is 1. The first-order valence-electron chi connectivity index (χ1n) is 9.58. The van der Waals surface area contributed by atoms with E-state index in [4.69, 9.17) is 11.6 Å². The normalized spacial score (nSPS) is 15.7. The average molecular weight is 380 g/mol. The van der Waals surface area contributed by atoms with E-state index in [1.54, 1.807) is 29.2 Å². The van der Waals surface area contributed by atoms with Crippen molar-refractivity contribution >= 4 is 28.3 Å². The Labute approximate surface area is 164 Å². The molecular formula is C23H24ClN2O+. The minimum atomic E-state index is -0.0458. The fourth-order valence-corrected chi connectivity index (χ4v) is 4.23. The highest BCUT2D eigenvalue weighted by Gasteiger charge is 2.29. The smallest absolute Gasteiger partial charge is 0.251 e. The van der Waals surface area contributed by atoms with Crippen LogP contribution in [0.5, 0.6) is 0 Å². The maximum absolute atomic E-state index is 12.6. The summed E-state index contributed by atoms with van der Waals surface area (Å²) in [6.45, 7) is 2.94. The number of nitrogens with one attached hydrogen (secondary N) is 2. The van der Waals surface area contributed by atoms with Gasteiger partial charge in [0, 0.05) is 29.0 Å². The van der Waals surface area contributed by atoms with Crippen LogP contribution in [0.3, 0.4) is 0 Å². The van der Waals surface area contributed by atoms with Gasteiger partial charge in [0.2, 0.25) is 0 Å². The molecule has 1 heterocycles. The Morgan fingerprint density at radius 2 is 1.67 bits per heavy atom. The number of halogens is 1. The second-order valence-corrected chi connectivity index (χ2v) is 7.64. The zero-order chi connectivity index (χ0) is 18.6. The summed E-state index contributed by atoms with van der Waals surface area (Å²) in [5, 5.41) is 6.33. The molecule has 27 heavy (non-hydrogen) atoms. The van der Waals surface area contributed by atoms with Crippen molar-refractivity contribution in [1.29, 1.82) is 0 Å². The third-order valence-corrected chi connectivity index (χ3v) is 5.76. The summed E-state index contributed by atoms with van der Waals surface area (Å²) in [6, 6.07) is 22.3. The van der Waals surface area contributed by atoms with Gasteiger partial charge >= 0.3 is 0 Å². The molecule has 0 radical (unpaired) electrons. The summed E-state index contributed by atoms with van der Waals surface area (Å²) in [5.74, 6) is -0.0458. The van der Waals surface area contributed by atoms with Gasteiger partial charge in [-0.2, -0.15) is 0 Å². The van der Waals surface area contributed by atoms with Crippen molar-refractivity contribution in [2.24, 2.45) is 0 Å². The lowest BCUT2D eigenvalue weighted by molar-refractivity contribution is -0.918. The van der Waals surface area contributed by atoms with Crippen LogP contribution in [0.4, 0.5) is 0 Å². The van der Waals surface area contributed by atoms with E-state index < -0.39 is 0 Å². The zero-order valence-electron chi connectivity index (χ0n) is 15.2. The predicted octanol–water partition coefficient (Wildman–Crippen LogP) is 3.64. The van der Waals surface area contributed by atoms with E-state index in [1.165, 1.54) is 29.2 Å². The van der Waals surface area contributed by atoms with Gasteiger partial charge in [0.15, 0.2) is 0 Å². The van der Waals surface area contributed by atoms with Crippen LogP contribution in [0.25, 0.3) is 10.8 Å². The Kier molecular flexibility index (Phi) is 5.42. The van der Waals surface area contributed by atoms with Crippen LogP contribution in [0.2, 0.25) is 5.02 Å². The lowest BCUT2D eigenvalue weighted by Gasteiger charge is -2.26. The number of benzene rings is 3. The molecule has 0 saturated carbocycles. The van der Waals surface area contributed by atoms with Gasteiger partial charge in [-0.25, -0.2) is 0 Å². The molecule has 1 saturated heterocycles. The van der Waals surface area contributed by atoms with Crippen LogP contribution in [0.15, 0.2) is 66.7 Å². The third kappa shape index (κ3) is 4.00. The minimum absolute atomic E-state index is 0.0458. The molecule has 2 N–H and O–H groups in total. The molecule has 1 aliphatic rings. The van der Waals surface area contributed by atoms with E-state index >= 15 is 0 Å². The zero-order valence-corrected chi connectivity index (χ0v) is 16.0. The lowest BCUT2D eigenvalue weighted by atomic mass is 9.97. The second-order valence-electron chi connectivity index (χ2n) is 7.20. The highest BCUT2D eigenvalue weighted by Crippen LogP contribution is 2.23. The highest BCUT2D eigenvalue weighted by molar-refractivity contribution is 6.30. The van der Waals surface area contributed by atoms with E-state index in [-0.39, 0.29) is 11.9 Å². The average Bonchev–Trinajstić information content (AvgIpc) is 3.23. The molecule has 1 amide bonds. The van der Waals surface area contributed by atoms with Gasteiger partial charge in [0.05, 0.1) is 19.6 Å². The first-order chi connectivity index (χ1) is 13.2. The minimum Gasteiger partial charge on any atom is -0.346 e. The quantitative estimate of drug-likeness (QED) is 0.697. The largest absolute Gasteiger partial charge is 0.346 e. The monoisotopic (exact) mass is 379 g/mol. The van der Waals surface area contributed by atoms with Crippen molar-refractivity contribution < 1.29 is 9.69 Å². The fraction of sp³-hybridized carbons (Fsp3) is 0.261. The molecule has 0 aromatic heterocycles. The van der Waals surface area contributed by atoms with Gasteiger partial charge < -0.3 is 10.2 Å². The van der Waals surface area contributed by atoms with Crippen molar-refractivity contribution in [2.45, 2.75) is 18.9 Å². The summed E-state index contributed by atoms with van der Waals surface area (Å²) < 4.78 is 0. The van der Waals surface area contributed by atoms with Crippen LogP contribution in [-0.4, -0.2) is 25.5 Å². The topological polar surface area (TPSA) is 33.5 Å². The van der Waals surface area contributed by atoms with Crippen LogP contribution < -0.4 is 10.2 Å². The third-order valence-electron chi connectivity index (χ3n) is 5.51. The first-order valence-corrected chi connectivity index (χ1v) is 9.96. The number of quaternary nitrogens is 1. The highest BCUT2D eigenvalue weighted by atomic mass is 35.5. The van der Waals surface area contributed by atoms with Gasteiger partial charge in [-0.3, -0.25) is 4.79 Å². The van der Waals surface area contributed by atoms with Crippen molar-refractivity contribution in [2.75, 3.05) is 19.6 Å². The van der Waals surface area contributed by atoms with E-state index in [2.05, 4.69) is 47.8 Å². The van der Waals surface area contributed by atoms with Crippen molar-refractivity contribution in [1.82, 2.24) is 5.32 Å². The molecule has 3 aromatic rings. The maximum atomic E-state index is 12.6. The molecule has 4 heteroatoms. The van der Waals surface area contributed by atoms with Crippen molar-refractivity contribution in [3.8, 4) is 0 Å². The fourth-order valence-electron chi connectivity index (χ4n) is 4.10. The molecule has 4 rings (SSSR count). The molecule has 1 atom stereocenters. The maximum Gasteiger partial charge on any atom is 0.251 e. The number of hydrogen-bond acceptors (Lipinski definition) is 1. The van der Waals surface area contributed by atoms with Crippen molar-refractivity contribution in [3.05, 3.63) is 82.9 Å². The molecule has 138 valence electrons. The Morgan fingerprint density at radius 3 is 2.44 bits per heavy atom. The van der Waals surface area contributed by atoms with Crippen LogP contribution in [0, 0.1) is 0 Å². The Hall–Kier alpha value is -2.36. The van der Waals surface area contributed by atoms with Crippen LogP contribution >= 0.6 is 11.6 Å². The van der Waals surface area contributed by atoms with E-state index in [9.17, 15) is 4.79 Å². The molecule has 3 aromatic carbocycles. The molecular weight excluding hydrogens is 356 g/mol. The summed E-state index contributed by atoms with van der Waals surface area (Å²) in [7, 11) is 0. The molecule has 1 fully saturated rings. The van der Waals surface area contributed by atoms with Gasteiger partial charge in [-0.05, 0) is 35.0 Å². The predicted molar refractivity (Wildman–Crippen MR) is 110 cm³/mol. The summed E-state index contributed by atoms with van der Waals surface area (Å²) in [5.41, 5.74) is 1.97. The van der Waals surface area contributed by atoms with Gasteiger partial charge in [-0.15, -0.1) is 0 Å². The standard InChI is InChI=1S/C23H23ClN2O/c24-19-12-10-18(11-13-19)23(27)25-16-22(26-14-3-4-15-26)21-9-5-7-17-6-1-2-8-20(17)21/h1-2,5-13,22H,3-4,14-16H2,(H,25,27)/p+1/t22-/m1/s1. The molecule has 0 unspecified atom stereocenters. The number of hydrogen-bond donors (Lipinski definition) is 2. The SMILES string of the molecule is O=C(NC[C@H](c1cccc2ccccc12)[NH+]1CCCC1)c1ccc(Cl)cc1. The number of fused-ring (bicyclic) bond motifs is 1. The van der Waals surface area contributed by atoms with Gasteiger partial charge in [-0.1, -0.05) is 54.1 Å².